The third-order valence-electron chi connectivity index (χ3n) is 3.74. The van der Waals surface area contributed by atoms with Gasteiger partial charge in [-0.3, -0.25) is 19.3 Å². The molecular formula is C18H24N2O4. The van der Waals surface area contributed by atoms with E-state index in [0.717, 1.165) is 4.90 Å². The lowest BCUT2D eigenvalue weighted by Crippen LogP contribution is -2.48. The Morgan fingerprint density at radius 1 is 1.12 bits per heavy atom. The largest absolute Gasteiger partial charge is 0.357 e. The lowest BCUT2D eigenvalue weighted by atomic mass is 10.1. The number of carbonyl (C=O) groups excluding carboxylic acids is 4. The van der Waals surface area contributed by atoms with Crippen molar-refractivity contribution < 1.29 is 19.2 Å². The molecule has 1 aliphatic heterocycles. The molecule has 1 heterocycles. The van der Waals surface area contributed by atoms with Crippen molar-refractivity contribution >= 4 is 24.0 Å². The first-order valence-electron chi connectivity index (χ1n) is 8.15. The molecule has 1 unspecified atom stereocenters. The van der Waals surface area contributed by atoms with Crippen LogP contribution in [-0.2, 0) is 9.59 Å². The maximum absolute atomic E-state index is 12.3. The van der Waals surface area contributed by atoms with Gasteiger partial charge in [0.15, 0.2) is 0 Å². The summed E-state index contributed by atoms with van der Waals surface area (Å²) in [5.41, 5.74) is 0.579. The molecular weight excluding hydrogens is 308 g/mol. The predicted octanol–water partition coefficient (Wildman–Crippen LogP) is 2.18. The van der Waals surface area contributed by atoms with Gasteiger partial charge in [-0.1, -0.05) is 38.8 Å². The van der Waals surface area contributed by atoms with Crippen molar-refractivity contribution in [2.24, 2.45) is 0 Å². The number of fused-ring (bicyclic) bond motifs is 1. The van der Waals surface area contributed by atoms with Crippen LogP contribution in [0.1, 0.15) is 60.2 Å². The molecule has 2 rings (SSSR count). The summed E-state index contributed by atoms with van der Waals surface area (Å²) in [6, 6.07) is 5.46. The Kier molecular flexibility index (Phi) is 7.82. The quantitative estimate of drug-likeness (QED) is 0.639. The van der Waals surface area contributed by atoms with Gasteiger partial charge in [0.1, 0.15) is 12.3 Å². The topological polar surface area (TPSA) is 83.6 Å². The fourth-order valence-electron chi connectivity index (χ4n) is 2.26. The standard InChI is InChI=1S/C14H14N2O4.C4H10/c1-15-12(18)11(7-4-8-17)16-13(19)9-5-2-3-6-10(9)14(16)20;1-3-4-2/h2-3,5-6,8,11H,4,7H2,1H3,(H,15,18);3-4H2,1-2H3. The van der Waals surface area contributed by atoms with Crippen LogP contribution in [0.3, 0.4) is 0 Å². The number of nitrogens with zero attached hydrogens (tertiary/aromatic N) is 1. The average molecular weight is 332 g/mol. The number of amides is 3. The van der Waals surface area contributed by atoms with E-state index in [2.05, 4.69) is 19.2 Å². The second-order valence-electron chi connectivity index (χ2n) is 5.40. The van der Waals surface area contributed by atoms with Gasteiger partial charge in [-0.25, -0.2) is 0 Å². The van der Waals surface area contributed by atoms with E-state index >= 15 is 0 Å². The zero-order valence-electron chi connectivity index (χ0n) is 14.4. The first-order valence-corrected chi connectivity index (χ1v) is 8.15. The van der Waals surface area contributed by atoms with Gasteiger partial charge < -0.3 is 10.1 Å². The van der Waals surface area contributed by atoms with Crippen LogP contribution in [0.15, 0.2) is 24.3 Å². The summed E-state index contributed by atoms with van der Waals surface area (Å²) in [5.74, 6) is -1.45. The van der Waals surface area contributed by atoms with Gasteiger partial charge in [-0.05, 0) is 18.6 Å². The highest BCUT2D eigenvalue weighted by Crippen LogP contribution is 2.25. The molecule has 0 fully saturated rings. The molecule has 0 saturated carbocycles. The molecule has 0 bridgehead atoms. The van der Waals surface area contributed by atoms with Crippen LogP contribution in [0.5, 0.6) is 0 Å². The third-order valence-corrected chi connectivity index (χ3v) is 3.74. The van der Waals surface area contributed by atoms with Gasteiger partial charge in [-0.15, -0.1) is 0 Å². The minimum absolute atomic E-state index is 0.103. The summed E-state index contributed by atoms with van der Waals surface area (Å²) in [5, 5.41) is 2.42. The Morgan fingerprint density at radius 3 is 2.00 bits per heavy atom. The number of aldehydes is 1. The molecule has 24 heavy (non-hydrogen) atoms. The number of hydrogen-bond acceptors (Lipinski definition) is 4. The van der Waals surface area contributed by atoms with Crippen LogP contribution in [0.2, 0.25) is 0 Å². The van der Waals surface area contributed by atoms with E-state index in [9.17, 15) is 19.2 Å². The van der Waals surface area contributed by atoms with Crippen molar-refractivity contribution in [3.8, 4) is 0 Å². The summed E-state index contributed by atoms with van der Waals surface area (Å²) in [6.45, 7) is 4.36. The highest BCUT2D eigenvalue weighted by Gasteiger charge is 2.41. The number of imide groups is 1. The lowest BCUT2D eigenvalue weighted by molar-refractivity contribution is -0.124. The zero-order valence-corrected chi connectivity index (χ0v) is 14.4. The molecule has 1 atom stereocenters. The molecule has 6 nitrogen and oxygen atoms in total. The van der Waals surface area contributed by atoms with Crippen molar-refractivity contribution in [3.05, 3.63) is 35.4 Å². The third kappa shape index (κ3) is 4.28. The Morgan fingerprint density at radius 2 is 1.62 bits per heavy atom. The normalized spacial score (nSPS) is 13.7. The maximum Gasteiger partial charge on any atom is 0.262 e. The Labute approximate surface area is 142 Å². The summed E-state index contributed by atoms with van der Waals surface area (Å²) in [4.78, 5) is 47.8. The molecule has 0 aliphatic carbocycles. The predicted molar refractivity (Wildman–Crippen MR) is 90.7 cm³/mol. The van der Waals surface area contributed by atoms with E-state index < -0.39 is 23.8 Å². The van der Waals surface area contributed by atoms with Crippen molar-refractivity contribution in [1.29, 1.82) is 0 Å². The molecule has 6 heteroatoms. The summed E-state index contributed by atoms with van der Waals surface area (Å²) >= 11 is 0. The van der Waals surface area contributed by atoms with E-state index in [1.165, 1.54) is 19.9 Å². The number of benzene rings is 1. The van der Waals surface area contributed by atoms with Crippen LogP contribution >= 0.6 is 0 Å². The molecule has 0 saturated heterocycles. The molecule has 1 N–H and O–H groups in total. The van der Waals surface area contributed by atoms with E-state index in [1.807, 2.05) is 0 Å². The maximum atomic E-state index is 12.3. The number of unbranched alkanes of at least 4 members (excludes halogenated alkanes) is 1. The Bertz CT molecular complexity index is 576. The highest BCUT2D eigenvalue weighted by atomic mass is 16.2. The van der Waals surface area contributed by atoms with Gasteiger partial charge >= 0.3 is 0 Å². The van der Waals surface area contributed by atoms with Gasteiger partial charge in [-0.2, -0.15) is 0 Å². The van der Waals surface area contributed by atoms with Crippen LogP contribution in [0.25, 0.3) is 0 Å². The average Bonchev–Trinajstić information content (AvgIpc) is 2.87. The van der Waals surface area contributed by atoms with Crippen molar-refractivity contribution in [3.63, 3.8) is 0 Å². The van der Waals surface area contributed by atoms with E-state index in [-0.39, 0.29) is 24.0 Å². The monoisotopic (exact) mass is 332 g/mol. The second kappa shape index (κ2) is 9.60. The van der Waals surface area contributed by atoms with Crippen LogP contribution in [0, 0.1) is 0 Å². The smallest absolute Gasteiger partial charge is 0.262 e. The molecule has 1 aliphatic rings. The van der Waals surface area contributed by atoms with Gasteiger partial charge in [0, 0.05) is 13.5 Å². The van der Waals surface area contributed by atoms with E-state index in [4.69, 9.17) is 0 Å². The van der Waals surface area contributed by atoms with Crippen LogP contribution in [0.4, 0.5) is 0 Å². The van der Waals surface area contributed by atoms with Crippen LogP contribution < -0.4 is 5.32 Å². The van der Waals surface area contributed by atoms with Gasteiger partial charge in [0.2, 0.25) is 5.91 Å². The molecule has 0 aromatic heterocycles. The van der Waals surface area contributed by atoms with Gasteiger partial charge in [0.05, 0.1) is 11.1 Å². The number of nitrogens with one attached hydrogen (secondary N) is 1. The molecule has 130 valence electrons. The highest BCUT2D eigenvalue weighted by molar-refractivity contribution is 6.22. The van der Waals surface area contributed by atoms with Crippen molar-refractivity contribution in [1.82, 2.24) is 10.2 Å². The minimum atomic E-state index is -0.961. The summed E-state index contributed by atoms with van der Waals surface area (Å²) in [6.07, 6.45) is 3.52. The van der Waals surface area contributed by atoms with E-state index in [1.54, 1.807) is 24.3 Å². The lowest BCUT2D eigenvalue weighted by Gasteiger charge is -2.24. The summed E-state index contributed by atoms with van der Waals surface area (Å²) in [7, 11) is 1.43. The van der Waals surface area contributed by atoms with Crippen molar-refractivity contribution in [2.75, 3.05) is 7.05 Å². The molecule has 3 amide bonds. The fraction of sp³-hybridized carbons (Fsp3) is 0.444. The SMILES string of the molecule is CCCC.CNC(=O)C(CCC=O)N1C(=O)c2ccccc2C1=O. The number of carbonyl (C=O) groups is 4. The number of likely N-dealkylation sites (N-methyl/N-ethyl adjacent to an activating group) is 1. The second-order valence-corrected chi connectivity index (χ2v) is 5.40. The summed E-state index contributed by atoms with van der Waals surface area (Å²) < 4.78 is 0. The first-order chi connectivity index (χ1) is 11.5. The minimum Gasteiger partial charge on any atom is -0.357 e. The fourth-order valence-corrected chi connectivity index (χ4v) is 2.26. The Hall–Kier alpha value is -2.50. The zero-order chi connectivity index (χ0) is 18.1. The van der Waals surface area contributed by atoms with Crippen LogP contribution in [-0.4, -0.2) is 42.0 Å². The first kappa shape index (κ1) is 19.5. The van der Waals surface area contributed by atoms with Gasteiger partial charge in [0.25, 0.3) is 11.8 Å². The van der Waals surface area contributed by atoms with E-state index in [0.29, 0.717) is 6.29 Å². The number of rotatable bonds is 6. The van der Waals surface area contributed by atoms with Crippen molar-refractivity contribution in [2.45, 2.75) is 45.6 Å². The number of hydrogen-bond donors (Lipinski definition) is 1. The Balaban J connectivity index is 0.000000648. The molecule has 0 radical (unpaired) electrons. The molecule has 0 spiro atoms. The molecule has 1 aromatic carbocycles. The molecule has 1 aromatic rings.